The highest BCUT2D eigenvalue weighted by atomic mass is 32.2. The zero-order valence-electron chi connectivity index (χ0n) is 14.4. The van der Waals surface area contributed by atoms with Crippen molar-refractivity contribution in [2.75, 3.05) is 16.4 Å². The lowest BCUT2D eigenvalue weighted by atomic mass is 9.89. The number of carbonyl (C=O) groups is 1. The van der Waals surface area contributed by atoms with E-state index in [1.165, 1.54) is 40.8 Å². The Labute approximate surface area is 164 Å². The summed E-state index contributed by atoms with van der Waals surface area (Å²) < 4.78 is 0.781. The van der Waals surface area contributed by atoms with Crippen molar-refractivity contribution in [1.29, 1.82) is 5.26 Å². The van der Waals surface area contributed by atoms with E-state index in [2.05, 4.69) is 33.8 Å². The maximum Gasteiger partial charge on any atom is 0.235 e. The van der Waals surface area contributed by atoms with Crippen LogP contribution in [-0.2, 0) is 17.6 Å². The van der Waals surface area contributed by atoms with Crippen molar-refractivity contribution in [3.05, 3.63) is 16.0 Å². The van der Waals surface area contributed by atoms with E-state index in [0.29, 0.717) is 22.5 Å². The first-order chi connectivity index (χ1) is 12.6. The quantitative estimate of drug-likeness (QED) is 0.708. The molecule has 2 aliphatic carbocycles. The topological polar surface area (TPSA) is 90.7 Å². The van der Waals surface area contributed by atoms with Gasteiger partial charge >= 0.3 is 0 Å². The van der Waals surface area contributed by atoms with Gasteiger partial charge in [-0.3, -0.25) is 4.79 Å². The third-order valence-corrected chi connectivity index (χ3v) is 7.67. The van der Waals surface area contributed by atoms with Gasteiger partial charge in [-0.25, -0.2) is 0 Å². The first kappa shape index (κ1) is 17.8. The number of hydrogen-bond acceptors (Lipinski definition) is 8. The Morgan fingerprint density at radius 2 is 2.19 bits per heavy atom. The normalized spacial score (nSPS) is 18.8. The molecule has 0 saturated heterocycles. The van der Waals surface area contributed by atoms with Crippen LogP contribution in [0.4, 0.5) is 10.1 Å². The first-order valence-electron chi connectivity index (χ1n) is 8.69. The number of thiophene rings is 1. The molecule has 6 nitrogen and oxygen atoms in total. The van der Waals surface area contributed by atoms with Crippen LogP contribution in [-0.4, -0.2) is 27.9 Å². The van der Waals surface area contributed by atoms with Crippen LogP contribution < -0.4 is 10.6 Å². The summed E-state index contributed by atoms with van der Waals surface area (Å²) in [6, 6.07) is 2.83. The molecule has 2 aliphatic rings. The van der Waals surface area contributed by atoms with Gasteiger partial charge < -0.3 is 10.6 Å². The highest BCUT2D eigenvalue weighted by molar-refractivity contribution is 8.01. The van der Waals surface area contributed by atoms with Crippen molar-refractivity contribution in [3.8, 4) is 6.07 Å². The predicted octanol–water partition coefficient (Wildman–Crippen LogP) is 3.90. The van der Waals surface area contributed by atoms with Crippen molar-refractivity contribution < 1.29 is 4.79 Å². The van der Waals surface area contributed by atoms with Gasteiger partial charge in [0.15, 0.2) is 4.34 Å². The summed E-state index contributed by atoms with van der Waals surface area (Å²) >= 11 is 4.42. The third-order valence-electron chi connectivity index (χ3n) is 4.51. The van der Waals surface area contributed by atoms with E-state index >= 15 is 0 Å². The second-order valence-corrected chi connectivity index (χ2v) is 10.1. The maximum absolute atomic E-state index is 12.3. The van der Waals surface area contributed by atoms with Crippen molar-refractivity contribution in [3.63, 3.8) is 0 Å². The summed E-state index contributed by atoms with van der Waals surface area (Å²) in [5.74, 6) is 0.801. The molecular formula is C17H19N5OS3. The number of thioether (sulfide) groups is 1. The number of rotatable bonds is 6. The van der Waals surface area contributed by atoms with E-state index in [9.17, 15) is 10.1 Å². The lowest BCUT2D eigenvalue weighted by Crippen LogP contribution is -2.14. The number of amides is 1. The van der Waals surface area contributed by atoms with Gasteiger partial charge in [-0.2, -0.15) is 5.26 Å². The number of nitrogens with zero attached hydrogens (tertiary/aromatic N) is 3. The van der Waals surface area contributed by atoms with E-state index in [1.54, 1.807) is 11.3 Å². The summed E-state index contributed by atoms with van der Waals surface area (Å²) in [6.45, 7) is 2.23. The molecule has 2 N–H and O–H groups in total. The molecule has 9 heteroatoms. The number of nitrogens with one attached hydrogen (secondary N) is 2. The minimum absolute atomic E-state index is 0.106. The minimum atomic E-state index is -0.106. The zero-order valence-corrected chi connectivity index (χ0v) is 16.8. The molecule has 1 atom stereocenters. The Hall–Kier alpha value is -1.63. The smallest absolute Gasteiger partial charge is 0.235 e. The van der Waals surface area contributed by atoms with Crippen LogP contribution >= 0.6 is 34.4 Å². The molecule has 26 heavy (non-hydrogen) atoms. The van der Waals surface area contributed by atoms with Gasteiger partial charge in [0.1, 0.15) is 11.1 Å². The van der Waals surface area contributed by atoms with Gasteiger partial charge in [0.05, 0.1) is 11.3 Å². The summed E-state index contributed by atoms with van der Waals surface area (Å²) in [7, 11) is 0. The standard InChI is InChI=1S/C17H19N5OS3/c1-9-2-5-11-12(7-18)15(25-13(11)6-9)20-14(23)8-24-17-22-21-16(26-17)19-10-3-4-10/h9-10H,2-6,8H2,1H3,(H,19,21)(H,20,23)/t9-/m1/s1. The number of fused-ring (bicyclic) bond motifs is 1. The molecule has 1 amide bonds. The lowest BCUT2D eigenvalue weighted by Gasteiger charge is -2.17. The van der Waals surface area contributed by atoms with Gasteiger partial charge in [-0.05, 0) is 43.6 Å². The second-order valence-electron chi connectivity index (χ2n) is 6.80. The Morgan fingerprint density at radius 3 is 2.96 bits per heavy atom. The molecule has 0 spiro atoms. The number of carbonyl (C=O) groups excluding carboxylic acids is 1. The van der Waals surface area contributed by atoms with E-state index < -0.39 is 0 Å². The van der Waals surface area contributed by atoms with E-state index in [1.807, 2.05) is 0 Å². The van der Waals surface area contributed by atoms with Crippen LogP contribution in [0.2, 0.25) is 0 Å². The molecule has 0 aliphatic heterocycles. The summed E-state index contributed by atoms with van der Waals surface area (Å²) in [6.07, 6.45) is 5.42. The molecule has 0 radical (unpaired) electrons. The predicted molar refractivity (Wildman–Crippen MR) is 106 cm³/mol. The molecule has 1 saturated carbocycles. The molecule has 2 aromatic rings. The number of aromatic nitrogens is 2. The Bertz CT molecular complexity index is 864. The van der Waals surface area contributed by atoms with Crippen LogP contribution in [0.3, 0.4) is 0 Å². The van der Waals surface area contributed by atoms with Gasteiger partial charge in [-0.1, -0.05) is 30.0 Å². The van der Waals surface area contributed by atoms with Crippen molar-refractivity contribution in [2.24, 2.45) is 5.92 Å². The fourth-order valence-electron chi connectivity index (χ4n) is 2.98. The molecule has 2 heterocycles. The summed E-state index contributed by atoms with van der Waals surface area (Å²) in [5.41, 5.74) is 1.79. The van der Waals surface area contributed by atoms with Crippen LogP contribution in [0, 0.1) is 17.2 Å². The number of anilines is 2. The van der Waals surface area contributed by atoms with E-state index in [4.69, 9.17) is 0 Å². The highest BCUT2D eigenvalue weighted by Gasteiger charge is 2.25. The fourth-order valence-corrected chi connectivity index (χ4v) is 5.98. The average Bonchev–Trinajstić information content (AvgIpc) is 3.20. The van der Waals surface area contributed by atoms with Crippen LogP contribution in [0.25, 0.3) is 0 Å². The van der Waals surface area contributed by atoms with Crippen molar-refractivity contribution >= 4 is 50.5 Å². The second kappa shape index (κ2) is 7.55. The molecule has 0 bridgehead atoms. The van der Waals surface area contributed by atoms with Crippen LogP contribution in [0.1, 0.15) is 42.2 Å². The highest BCUT2D eigenvalue weighted by Crippen LogP contribution is 2.39. The molecule has 1 fully saturated rings. The summed E-state index contributed by atoms with van der Waals surface area (Å²) in [4.78, 5) is 13.6. The van der Waals surface area contributed by atoms with Crippen molar-refractivity contribution in [1.82, 2.24) is 10.2 Å². The zero-order chi connectivity index (χ0) is 18.1. The minimum Gasteiger partial charge on any atom is -0.357 e. The molecular weight excluding hydrogens is 386 g/mol. The number of hydrogen-bond donors (Lipinski definition) is 2. The monoisotopic (exact) mass is 405 g/mol. The van der Waals surface area contributed by atoms with E-state index in [-0.39, 0.29) is 11.7 Å². The Balaban J connectivity index is 1.36. The fraction of sp³-hybridized carbons (Fsp3) is 0.529. The molecule has 0 unspecified atom stereocenters. The van der Waals surface area contributed by atoms with Gasteiger partial charge in [0.2, 0.25) is 11.0 Å². The molecule has 4 rings (SSSR count). The van der Waals surface area contributed by atoms with Gasteiger partial charge in [0.25, 0.3) is 0 Å². The maximum atomic E-state index is 12.3. The average molecular weight is 406 g/mol. The molecule has 136 valence electrons. The van der Waals surface area contributed by atoms with Crippen molar-refractivity contribution in [2.45, 2.75) is 49.4 Å². The third kappa shape index (κ3) is 4.03. The SMILES string of the molecule is C[C@@H]1CCc2c(sc(NC(=O)CSc3nnc(NC4CC4)s3)c2C#N)C1. The number of nitriles is 1. The Kier molecular flexibility index (Phi) is 5.16. The van der Waals surface area contributed by atoms with Gasteiger partial charge in [-0.15, -0.1) is 21.5 Å². The molecule has 2 aromatic heterocycles. The van der Waals surface area contributed by atoms with E-state index in [0.717, 1.165) is 34.3 Å². The molecule has 0 aromatic carbocycles. The first-order valence-corrected chi connectivity index (χ1v) is 11.3. The van der Waals surface area contributed by atoms with Gasteiger partial charge in [0, 0.05) is 10.9 Å². The lowest BCUT2D eigenvalue weighted by molar-refractivity contribution is -0.113. The van der Waals surface area contributed by atoms with Crippen LogP contribution in [0.15, 0.2) is 4.34 Å². The summed E-state index contributed by atoms with van der Waals surface area (Å²) in [5, 5.41) is 25.5. The Morgan fingerprint density at radius 1 is 1.35 bits per heavy atom. The van der Waals surface area contributed by atoms with Crippen LogP contribution in [0.5, 0.6) is 0 Å². The largest absolute Gasteiger partial charge is 0.357 e.